The molecule has 0 spiro atoms. The zero-order valence-corrected chi connectivity index (χ0v) is 11.9. The third-order valence-electron chi connectivity index (χ3n) is 3.10. The molecule has 0 aromatic heterocycles. The molecule has 1 unspecified atom stereocenters. The summed E-state index contributed by atoms with van der Waals surface area (Å²) in [5, 5.41) is 13.6. The van der Waals surface area contributed by atoms with Gasteiger partial charge >= 0.3 is 0 Å². The molecule has 0 bridgehead atoms. The van der Waals surface area contributed by atoms with Crippen molar-refractivity contribution < 1.29 is 9.84 Å². The van der Waals surface area contributed by atoms with Crippen LogP contribution >= 0.6 is 0 Å². The van der Waals surface area contributed by atoms with E-state index in [0.717, 1.165) is 30.8 Å². The van der Waals surface area contributed by atoms with E-state index in [4.69, 9.17) is 4.74 Å². The topological polar surface area (TPSA) is 41.5 Å². The van der Waals surface area contributed by atoms with Gasteiger partial charge < -0.3 is 15.2 Å². The molecule has 0 amide bonds. The molecule has 0 saturated carbocycles. The molecular weight excluding hydrogens is 226 g/mol. The molecule has 0 saturated heterocycles. The van der Waals surface area contributed by atoms with Crippen LogP contribution in [0, 0.1) is 6.92 Å². The van der Waals surface area contributed by atoms with Crippen molar-refractivity contribution in [2.45, 2.75) is 39.2 Å². The third kappa shape index (κ3) is 4.67. The van der Waals surface area contributed by atoms with Crippen molar-refractivity contribution >= 4 is 0 Å². The summed E-state index contributed by atoms with van der Waals surface area (Å²) in [6.45, 7) is 7.77. The lowest BCUT2D eigenvalue weighted by Crippen LogP contribution is -2.32. The van der Waals surface area contributed by atoms with Gasteiger partial charge in [-0.1, -0.05) is 24.6 Å². The van der Waals surface area contributed by atoms with Crippen molar-refractivity contribution in [1.82, 2.24) is 5.32 Å². The van der Waals surface area contributed by atoms with Gasteiger partial charge in [0.15, 0.2) is 0 Å². The second kappa shape index (κ2) is 6.76. The van der Waals surface area contributed by atoms with Gasteiger partial charge in [-0.15, -0.1) is 0 Å². The quantitative estimate of drug-likeness (QED) is 0.731. The maximum Gasteiger partial charge on any atom is 0.122 e. The van der Waals surface area contributed by atoms with E-state index in [1.807, 2.05) is 19.1 Å². The molecule has 3 heteroatoms. The Hall–Kier alpha value is -1.06. The Labute approximate surface area is 110 Å². The molecule has 3 nitrogen and oxygen atoms in total. The Morgan fingerprint density at radius 1 is 1.39 bits per heavy atom. The molecule has 0 aliphatic rings. The number of rotatable bonds is 7. The average Bonchev–Trinajstić information content (AvgIpc) is 2.29. The minimum atomic E-state index is -0.705. The number of aryl methyl sites for hydroxylation is 1. The summed E-state index contributed by atoms with van der Waals surface area (Å²) in [5.74, 6) is 0.851. The van der Waals surface area contributed by atoms with Gasteiger partial charge in [0.25, 0.3) is 0 Å². The number of nitrogens with one attached hydrogen (secondary N) is 1. The number of benzene rings is 1. The van der Waals surface area contributed by atoms with Gasteiger partial charge in [0.1, 0.15) is 5.75 Å². The fourth-order valence-corrected chi connectivity index (χ4v) is 2.08. The number of hydrogen-bond donors (Lipinski definition) is 2. The fraction of sp³-hybridized carbons (Fsp3) is 0.600. The molecule has 0 aliphatic carbocycles. The van der Waals surface area contributed by atoms with Crippen LogP contribution in [0.1, 0.15) is 31.4 Å². The Bertz CT molecular complexity index is 375. The summed E-state index contributed by atoms with van der Waals surface area (Å²) in [6.07, 6.45) is 1.35. The summed E-state index contributed by atoms with van der Waals surface area (Å²) < 4.78 is 5.35. The number of aliphatic hydroxyl groups is 1. The Morgan fingerprint density at radius 2 is 2.11 bits per heavy atom. The SMILES string of the molecule is CCNCCC(C)(O)Cc1cc(C)ccc1OC. The van der Waals surface area contributed by atoms with E-state index in [-0.39, 0.29) is 0 Å². The Morgan fingerprint density at radius 3 is 2.72 bits per heavy atom. The normalized spacial score (nSPS) is 14.3. The van der Waals surface area contributed by atoms with Crippen LogP contribution in [0.4, 0.5) is 0 Å². The largest absolute Gasteiger partial charge is 0.496 e. The fourth-order valence-electron chi connectivity index (χ4n) is 2.08. The molecule has 0 heterocycles. The first kappa shape index (κ1) is 15.0. The Balaban J connectivity index is 2.72. The molecule has 2 N–H and O–H groups in total. The van der Waals surface area contributed by atoms with Crippen molar-refractivity contribution in [3.05, 3.63) is 29.3 Å². The van der Waals surface area contributed by atoms with Gasteiger partial charge in [-0.2, -0.15) is 0 Å². The molecule has 0 aliphatic heterocycles. The lowest BCUT2D eigenvalue weighted by molar-refractivity contribution is 0.0511. The van der Waals surface area contributed by atoms with Crippen molar-refractivity contribution in [3.63, 3.8) is 0 Å². The smallest absolute Gasteiger partial charge is 0.122 e. The van der Waals surface area contributed by atoms with Gasteiger partial charge in [-0.3, -0.25) is 0 Å². The molecule has 1 aromatic carbocycles. The van der Waals surface area contributed by atoms with Crippen molar-refractivity contribution in [2.75, 3.05) is 20.2 Å². The average molecular weight is 251 g/mol. The first-order valence-corrected chi connectivity index (χ1v) is 6.55. The van der Waals surface area contributed by atoms with Crippen LogP contribution in [0.25, 0.3) is 0 Å². The standard InChI is InChI=1S/C15H25NO2/c1-5-16-9-8-15(3,17)11-13-10-12(2)6-7-14(13)18-4/h6-7,10,16-17H,5,8-9,11H2,1-4H3. The van der Waals surface area contributed by atoms with E-state index in [0.29, 0.717) is 6.42 Å². The van der Waals surface area contributed by atoms with E-state index in [1.54, 1.807) is 7.11 Å². The lowest BCUT2D eigenvalue weighted by Gasteiger charge is -2.24. The third-order valence-corrected chi connectivity index (χ3v) is 3.10. The van der Waals surface area contributed by atoms with Crippen LogP contribution in [-0.4, -0.2) is 30.9 Å². The predicted octanol–water partition coefficient (Wildman–Crippen LogP) is 2.30. The summed E-state index contributed by atoms with van der Waals surface area (Å²) in [4.78, 5) is 0. The molecule has 18 heavy (non-hydrogen) atoms. The van der Waals surface area contributed by atoms with E-state index < -0.39 is 5.60 Å². The van der Waals surface area contributed by atoms with Gasteiger partial charge in [0, 0.05) is 6.42 Å². The van der Waals surface area contributed by atoms with Gasteiger partial charge in [-0.25, -0.2) is 0 Å². The highest BCUT2D eigenvalue weighted by Crippen LogP contribution is 2.25. The summed E-state index contributed by atoms with van der Waals surface area (Å²) >= 11 is 0. The van der Waals surface area contributed by atoms with Gasteiger partial charge in [-0.05, 0) is 45.0 Å². The number of methoxy groups -OCH3 is 1. The zero-order valence-electron chi connectivity index (χ0n) is 11.9. The van der Waals surface area contributed by atoms with Crippen LogP contribution in [0.5, 0.6) is 5.75 Å². The van der Waals surface area contributed by atoms with Crippen molar-refractivity contribution in [3.8, 4) is 5.75 Å². The van der Waals surface area contributed by atoms with Crippen LogP contribution in [-0.2, 0) is 6.42 Å². The number of ether oxygens (including phenoxy) is 1. The van der Waals surface area contributed by atoms with Gasteiger partial charge in [0.05, 0.1) is 12.7 Å². The first-order chi connectivity index (χ1) is 8.48. The predicted molar refractivity (Wildman–Crippen MR) is 75.2 cm³/mol. The van der Waals surface area contributed by atoms with E-state index in [1.165, 1.54) is 5.56 Å². The van der Waals surface area contributed by atoms with Crippen LogP contribution in [0.15, 0.2) is 18.2 Å². The zero-order chi connectivity index (χ0) is 13.6. The van der Waals surface area contributed by atoms with Gasteiger partial charge in [0.2, 0.25) is 0 Å². The van der Waals surface area contributed by atoms with E-state index >= 15 is 0 Å². The summed E-state index contributed by atoms with van der Waals surface area (Å²) in [6, 6.07) is 6.07. The van der Waals surface area contributed by atoms with Crippen LogP contribution < -0.4 is 10.1 Å². The maximum absolute atomic E-state index is 10.4. The van der Waals surface area contributed by atoms with Crippen LogP contribution in [0.2, 0.25) is 0 Å². The number of hydrogen-bond acceptors (Lipinski definition) is 3. The molecule has 1 atom stereocenters. The van der Waals surface area contributed by atoms with Crippen LogP contribution in [0.3, 0.4) is 0 Å². The van der Waals surface area contributed by atoms with Crippen molar-refractivity contribution in [2.24, 2.45) is 0 Å². The first-order valence-electron chi connectivity index (χ1n) is 6.55. The summed E-state index contributed by atoms with van der Waals surface area (Å²) in [5.41, 5.74) is 1.55. The molecule has 0 radical (unpaired) electrons. The maximum atomic E-state index is 10.4. The van der Waals surface area contributed by atoms with E-state index in [2.05, 4.69) is 25.2 Å². The molecule has 1 aromatic rings. The molecule has 1 rings (SSSR count). The summed E-state index contributed by atoms with van der Waals surface area (Å²) in [7, 11) is 1.67. The van der Waals surface area contributed by atoms with E-state index in [9.17, 15) is 5.11 Å². The van der Waals surface area contributed by atoms with Crippen molar-refractivity contribution in [1.29, 1.82) is 0 Å². The highest BCUT2D eigenvalue weighted by molar-refractivity contribution is 5.37. The lowest BCUT2D eigenvalue weighted by atomic mass is 9.92. The second-order valence-electron chi connectivity index (χ2n) is 5.09. The molecule has 102 valence electrons. The Kier molecular flexibility index (Phi) is 5.63. The minimum absolute atomic E-state index is 0.614. The minimum Gasteiger partial charge on any atom is -0.496 e. The molecular formula is C15H25NO2. The monoisotopic (exact) mass is 251 g/mol. The highest BCUT2D eigenvalue weighted by Gasteiger charge is 2.22. The molecule has 0 fully saturated rings. The second-order valence-corrected chi connectivity index (χ2v) is 5.09. The highest BCUT2D eigenvalue weighted by atomic mass is 16.5.